The van der Waals surface area contributed by atoms with Gasteiger partial charge in [-0.3, -0.25) is 9.89 Å². The summed E-state index contributed by atoms with van der Waals surface area (Å²) in [5, 5.41) is 7.61. The molecule has 1 aromatic heterocycles. The predicted molar refractivity (Wildman–Crippen MR) is 108 cm³/mol. The number of likely N-dealkylation sites (tertiary alicyclic amines) is 1. The third-order valence-corrected chi connectivity index (χ3v) is 6.00. The smallest absolute Gasteiger partial charge is 0.275 e. The van der Waals surface area contributed by atoms with Crippen molar-refractivity contribution in [1.82, 2.24) is 20.0 Å². The van der Waals surface area contributed by atoms with E-state index in [4.69, 9.17) is 0 Å². The quantitative estimate of drug-likeness (QED) is 0.758. The highest BCUT2D eigenvalue weighted by atomic mass is 19.1. The van der Waals surface area contributed by atoms with Gasteiger partial charge >= 0.3 is 0 Å². The molecule has 2 atom stereocenters. The number of likely N-dealkylation sites (N-methyl/N-ethyl adjacent to an activating group) is 1. The van der Waals surface area contributed by atoms with E-state index in [1.807, 2.05) is 4.90 Å². The normalized spacial score (nSPS) is 22.4. The summed E-state index contributed by atoms with van der Waals surface area (Å²) in [4.78, 5) is 17.3. The molecule has 6 heteroatoms. The first-order valence-electron chi connectivity index (χ1n) is 9.46. The standard InChI is InChI=1S/C22H25FN4O/c1-14-5-7-15(8-6-14)22(2)13-27(12-19(22)26(3)4)21(28)20-17-10-9-16(23)11-18(17)24-25-20/h5-11,19H,12-13H2,1-4H3,(H,24,25). The Morgan fingerprint density at radius 2 is 1.96 bits per heavy atom. The van der Waals surface area contributed by atoms with Crippen molar-refractivity contribution in [2.75, 3.05) is 27.2 Å². The summed E-state index contributed by atoms with van der Waals surface area (Å²) in [6.45, 7) is 5.51. The molecule has 4 rings (SSSR count). The van der Waals surface area contributed by atoms with Crippen LogP contribution in [-0.4, -0.2) is 59.1 Å². The lowest BCUT2D eigenvalue weighted by Gasteiger charge is -2.35. The maximum atomic E-state index is 13.5. The molecule has 5 nitrogen and oxygen atoms in total. The molecule has 2 aromatic carbocycles. The van der Waals surface area contributed by atoms with Crippen LogP contribution in [0.4, 0.5) is 4.39 Å². The minimum atomic E-state index is -0.351. The van der Waals surface area contributed by atoms with Crippen molar-refractivity contribution in [3.8, 4) is 0 Å². The van der Waals surface area contributed by atoms with Gasteiger partial charge in [-0.25, -0.2) is 4.39 Å². The van der Waals surface area contributed by atoms with E-state index in [9.17, 15) is 9.18 Å². The van der Waals surface area contributed by atoms with Crippen LogP contribution in [0.3, 0.4) is 0 Å². The number of amides is 1. The third kappa shape index (κ3) is 2.98. The molecule has 1 N–H and O–H groups in total. The van der Waals surface area contributed by atoms with Gasteiger partial charge in [-0.1, -0.05) is 36.8 Å². The van der Waals surface area contributed by atoms with Gasteiger partial charge in [-0.15, -0.1) is 0 Å². The molecule has 0 spiro atoms. The molecule has 146 valence electrons. The molecule has 1 amide bonds. The Morgan fingerprint density at radius 1 is 1.25 bits per heavy atom. The first kappa shape index (κ1) is 18.6. The highest BCUT2D eigenvalue weighted by Gasteiger charge is 2.47. The number of aromatic amines is 1. The molecule has 0 radical (unpaired) electrons. The van der Waals surface area contributed by atoms with Crippen LogP contribution in [0, 0.1) is 12.7 Å². The fourth-order valence-electron chi connectivity index (χ4n) is 4.39. The van der Waals surface area contributed by atoms with Crippen molar-refractivity contribution in [3.05, 3.63) is 65.1 Å². The van der Waals surface area contributed by atoms with Gasteiger partial charge in [-0.2, -0.15) is 5.10 Å². The molecule has 0 bridgehead atoms. The van der Waals surface area contributed by atoms with E-state index in [1.54, 1.807) is 6.07 Å². The van der Waals surface area contributed by atoms with Gasteiger partial charge in [0.15, 0.2) is 5.69 Å². The molecule has 1 aliphatic heterocycles. The largest absolute Gasteiger partial charge is 0.335 e. The molecule has 1 saturated heterocycles. The van der Waals surface area contributed by atoms with Gasteiger partial charge in [0.1, 0.15) is 5.82 Å². The van der Waals surface area contributed by atoms with Crippen LogP contribution in [0.1, 0.15) is 28.5 Å². The number of aryl methyl sites for hydroxylation is 1. The average Bonchev–Trinajstić information content (AvgIpc) is 3.23. The zero-order valence-corrected chi connectivity index (χ0v) is 16.7. The van der Waals surface area contributed by atoms with E-state index in [0.29, 0.717) is 29.7 Å². The summed E-state index contributed by atoms with van der Waals surface area (Å²) in [5.74, 6) is -0.475. The van der Waals surface area contributed by atoms with E-state index in [-0.39, 0.29) is 23.2 Å². The van der Waals surface area contributed by atoms with Gasteiger partial charge in [0.05, 0.1) is 5.52 Å². The lowest BCUT2D eigenvalue weighted by Crippen LogP contribution is -2.44. The number of rotatable bonds is 3. The highest BCUT2D eigenvalue weighted by molar-refractivity contribution is 6.04. The number of hydrogen-bond donors (Lipinski definition) is 1. The summed E-state index contributed by atoms with van der Waals surface area (Å²) in [6, 6.07) is 13.1. The zero-order chi connectivity index (χ0) is 20.1. The van der Waals surface area contributed by atoms with Gasteiger partial charge in [-0.05, 0) is 44.8 Å². The van der Waals surface area contributed by atoms with Crippen molar-refractivity contribution >= 4 is 16.8 Å². The van der Waals surface area contributed by atoms with Crippen LogP contribution in [-0.2, 0) is 5.41 Å². The minimum absolute atomic E-state index is 0.124. The number of benzene rings is 2. The fourth-order valence-corrected chi connectivity index (χ4v) is 4.39. The van der Waals surface area contributed by atoms with Crippen molar-refractivity contribution in [2.24, 2.45) is 0 Å². The average molecular weight is 380 g/mol. The van der Waals surface area contributed by atoms with E-state index >= 15 is 0 Å². The Kier molecular flexibility index (Phi) is 4.46. The Bertz CT molecular complexity index is 1030. The molecule has 2 heterocycles. The number of carbonyl (C=O) groups is 1. The number of carbonyl (C=O) groups excluding carboxylic acids is 1. The summed E-state index contributed by atoms with van der Waals surface area (Å²) in [5.41, 5.74) is 3.13. The van der Waals surface area contributed by atoms with Gasteiger partial charge in [0, 0.05) is 29.9 Å². The minimum Gasteiger partial charge on any atom is -0.335 e. The number of aromatic nitrogens is 2. The van der Waals surface area contributed by atoms with Crippen molar-refractivity contribution < 1.29 is 9.18 Å². The number of hydrogen-bond acceptors (Lipinski definition) is 3. The van der Waals surface area contributed by atoms with Crippen LogP contribution < -0.4 is 0 Å². The first-order valence-corrected chi connectivity index (χ1v) is 9.46. The second kappa shape index (κ2) is 6.71. The van der Waals surface area contributed by atoms with E-state index in [2.05, 4.69) is 67.3 Å². The van der Waals surface area contributed by atoms with Crippen molar-refractivity contribution in [1.29, 1.82) is 0 Å². The summed E-state index contributed by atoms with van der Waals surface area (Å²) >= 11 is 0. The zero-order valence-electron chi connectivity index (χ0n) is 16.7. The molecular formula is C22H25FN4O. The Morgan fingerprint density at radius 3 is 2.64 bits per heavy atom. The molecule has 0 aliphatic carbocycles. The van der Waals surface area contributed by atoms with Gasteiger partial charge in [0.2, 0.25) is 0 Å². The third-order valence-electron chi connectivity index (χ3n) is 6.00. The van der Waals surface area contributed by atoms with Gasteiger partial charge in [0.25, 0.3) is 5.91 Å². The molecule has 3 aromatic rings. The molecular weight excluding hydrogens is 355 g/mol. The van der Waals surface area contributed by atoms with Crippen LogP contribution in [0.25, 0.3) is 10.9 Å². The molecule has 1 fully saturated rings. The molecule has 2 unspecified atom stereocenters. The van der Waals surface area contributed by atoms with Crippen LogP contribution in [0.2, 0.25) is 0 Å². The predicted octanol–water partition coefficient (Wildman–Crippen LogP) is 3.35. The number of halogens is 1. The summed E-state index contributed by atoms with van der Waals surface area (Å²) in [7, 11) is 4.11. The second-order valence-electron chi connectivity index (χ2n) is 8.21. The van der Waals surface area contributed by atoms with E-state index in [1.165, 1.54) is 23.3 Å². The summed E-state index contributed by atoms with van der Waals surface area (Å²) in [6.07, 6.45) is 0. The highest BCUT2D eigenvalue weighted by Crippen LogP contribution is 2.37. The maximum Gasteiger partial charge on any atom is 0.275 e. The number of nitrogens with one attached hydrogen (secondary N) is 1. The molecule has 0 saturated carbocycles. The Balaban J connectivity index is 1.69. The molecule has 28 heavy (non-hydrogen) atoms. The maximum absolute atomic E-state index is 13.5. The lowest BCUT2D eigenvalue weighted by atomic mass is 9.77. The van der Waals surface area contributed by atoms with Crippen molar-refractivity contribution in [2.45, 2.75) is 25.3 Å². The first-order chi connectivity index (χ1) is 13.3. The topological polar surface area (TPSA) is 52.2 Å². The monoisotopic (exact) mass is 380 g/mol. The Hall–Kier alpha value is -2.73. The van der Waals surface area contributed by atoms with E-state index in [0.717, 1.165) is 0 Å². The lowest BCUT2D eigenvalue weighted by molar-refractivity contribution is 0.0776. The van der Waals surface area contributed by atoms with Crippen LogP contribution in [0.5, 0.6) is 0 Å². The Labute approximate surface area is 164 Å². The fraction of sp³-hybridized carbons (Fsp3) is 0.364. The van der Waals surface area contributed by atoms with Gasteiger partial charge < -0.3 is 9.80 Å². The number of nitrogens with zero attached hydrogens (tertiary/aromatic N) is 3. The number of fused-ring (bicyclic) bond motifs is 1. The van der Waals surface area contributed by atoms with E-state index < -0.39 is 0 Å². The SMILES string of the molecule is Cc1ccc(C2(C)CN(C(=O)c3n[nH]c4cc(F)ccc34)CC2N(C)C)cc1. The summed E-state index contributed by atoms with van der Waals surface area (Å²) < 4.78 is 13.5. The van der Waals surface area contributed by atoms with Crippen LogP contribution >= 0.6 is 0 Å². The molecule has 1 aliphatic rings. The van der Waals surface area contributed by atoms with Crippen molar-refractivity contribution in [3.63, 3.8) is 0 Å². The van der Waals surface area contributed by atoms with Crippen LogP contribution in [0.15, 0.2) is 42.5 Å². The second-order valence-corrected chi connectivity index (χ2v) is 8.21. The number of H-pyrrole nitrogens is 1.